The fourth-order valence-electron chi connectivity index (χ4n) is 1.65. The Balaban J connectivity index is 2.11. The maximum atomic E-state index is 12.0. The van der Waals surface area contributed by atoms with Gasteiger partial charge in [0.1, 0.15) is 12.0 Å². The van der Waals surface area contributed by atoms with Gasteiger partial charge in [-0.05, 0) is 32.3 Å². The summed E-state index contributed by atoms with van der Waals surface area (Å²) >= 11 is 0. The second-order valence-electron chi connectivity index (χ2n) is 4.45. The average molecular weight is 256 g/mol. The number of rotatable bonds is 4. The van der Waals surface area contributed by atoms with Gasteiger partial charge in [0, 0.05) is 12.2 Å². The first-order valence-corrected chi connectivity index (χ1v) is 5.97. The van der Waals surface area contributed by atoms with Gasteiger partial charge in [-0.2, -0.15) is 0 Å². The number of carbonyl (C=O) groups excluding carboxylic acids is 1. The van der Waals surface area contributed by atoms with Gasteiger partial charge < -0.3 is 10.2 Å². The summed E-state index contributed by atoms with van der Waals surface area (Å²) in [5.41, 5.74) is 1.94. The Morgan fingerprint density at radius 2 is 1.95 bits per heavy atom. The van der Waals surface area contributed by atoms with E-state index in [1.165, 1.54) is 6.33 Å². The molecule has 1 heterocycles. The van der Waals surface area contributed by atoms with E-state index in [1.807, 2.05) is 49.3 Å². The van der Waals surface area contributed by atoms with Crippen LogP contribution in [0.3, 0.4) is 0 Å². The lowest BCUT2D eigenvalue weighted by atomic mass is 10.2. The molecule has 0 bridgehead atoms. The molecule has 0 aliphatic heterocycles. The molecule has 5 nitrogen and oxygen atoms in total. The van der Waals surface area contributed by atoms with Crippen LogP contribution in [0.15, 0.2) is 42.7 Å². The molecular formula is C14H16N4O. The second-order valence-corrected chi connectivity index (χ2v) is 4.45. The minimum absolute atomic E-state index is 0.228. The van der Waals surface area contributed by atoms with Crippen molar-refractivity contribution in [3.8, 4) is 0 Å². The summed E-state index contributed by atoms with van der Waals surface area (Å²) in [7, 11) is 3.90. The smallest absolute Gasteiger partial charge is 0.274 e. The number of nitrogens with zero attached hydrogens (tertiary/aromatic N) is 3. The third-order valence-electron chi connectivity index (χ3n) is 2.47. The number of carbonyl (C=O) groups is 1. The molecule has 98 valence electrons. The zero-order valence-corrected chi connectivity index (χ0v) is 11.0. The van der Waals surface area contributed by atoms with Crippen molar-refractivity contribution < 1.29 is 4.79 Å². The Labute approximate surface area is 112 Å². The van der Waals surface area contributed by atoms with Crippen LogP contribution >= 0.6 is 0 Å². The van der Waals surface area contributed by atoms with Crippen LogP contribution in [0.5, 0.6) is 0 Å². The summed E-state index contributed by atoms with van der Waals surface area (Å²) in [6.07, 6.45) is 1.42. The molecule has 0 unspecified atom stereocenters. The number of amides is 1. The van der Waals surface area contributed by atoms with Gasteiger partial charge >= 0.3 is 0 Å². The quantitative estimate of drug-likeness (QED) is 0.906. The van der Waals surface area contributed by atoms with E-state index in [2.05, 4.69) is 15.3 Å². The zero-order valence-electron chi connectivity index (χ0n) is 11.0. The highest BCUT2D eigenvalue weighted by molar-refractivity contribution is 6.02. The Bertz CT molecular complexity index is 554. The Kier molecular flexibility index (Phi) is 4.20. The second kappa shape index (κ2) is 6.06. The van der Waals surface area contributed by atoms with Gasteiger partial charge in [0.05, 0.1) is 5.69 Å². The molecule has 0 saturated heterocycles. The number of anilines is 1. The van der Waals surface area contributed by atoms with Crippen LogP contribution in [-0.2, 0) is 6.54 Å². The fourth-order valence-corrected chi connectivity index (χ4v) is 1.65. The lowest BCUT2D eigenvalue weighted by Crippen LogP contribution is -2.16. The van der Waals surface area contributed by atoms with Crippen molar-refractivity contribution in [1.29, 1.82) is 0 Å². The van der Waals surface area contributed by atoms with E-state index in [0.717, 1.165) is 11.4 Å². The SMILES string of the molecule is CN(C)Cc1cc(C(=O)Nc2ccccc2)ncn1. The Hall–Kier alpha value is -2.27. The lowest BCUT2D eigenvalue weighted by molar-refractivity contribution is 0.102. The van der Waals surface area contributed by atoms with E-state index in [0.29, 0.717) is 12.2 Å². The van der Waals surface area contributed by atoms with Gasteiger partial charge in [-0.25, -0.2) is 9.97 Å². The maximum Gasteiger partial charge on any atom is 0.274 e. The van der Waals surface area contributed by atoms with Crippen molar-refractivity contribution in [2.75, 3.05) is 19.4 Å². The van der Waals surface area contributed by atoms with E-state index in [4.69, 9.17) is 0 Å². The summed E-state index contributed by atoms with van der Waals surface area (Å²) < 4.78 is 0. The number of para-hydroxylation sites is 1. The average Bonchev–Trinajstić information content (AvgIpc) is 2.39. The first-order chi connectivity index (χ1) is 9.15. The minimum Gasteiger partial charge on any atom is -0.321 e. The van der Waals surface area contributed by atoms with Gasteiger partial charge in [0.15, 0.2) is 0 Å². The maximum absolute atomic E-state index is 12.0. The zero-order chi connectivity index (χ0) is 13.7. The first-order valence-electron chi connectivity index (χ1n) is 5.97. The molecular weight excluding hydrogens is 240 g/mol. The molecule has 1 aromatic heterocycles. The van der Waals surface area contributed by atoms with Crippen molar-refractivity contribution in [1.82, 2.24) is 14.9 Å². The van der Waals surface area contributed by atoms with Crippen molar-refractivity contribution in [2.24, 2.45) is 0 Å². The minimum atomic E-state index is -0.228. The van der Waals surface area contributed by atoms with Gasteiger partial charge in [-0.15, -0.1) is 0 Å². The van der Waals surface area contributed by atoms with Gasteiger partial charge in [0.25, 0.3) is 5.91 Å². The molecule has 1 amide bonds. The molecule has 0 radical (unpaired) electrons. The third kappa shape index (κ3) is 3.86. The van der Waals surface area contributed by atoms with E-state index in [1.54, 1.807) is 6.07 Å². The van der Waals surface area contributed by atoms with E-state index in [9.17, 15) is 4.79 Å². The van der Waals surface area contributed by atoms with Crippen LogP contribution in [0.1, 0.15) is 16.2 Å². The summed E-state index contributed by atoms with van der Waals surface area (Å²) in [5, 5.41) is 2.80. The molecule has 0 fully saturated rings. The van der Waals surface area contributed by atoms with E-state index >= 15 is 0 Å². The standard InChI is InChI=1S/C14H16N4O/c1-18(2)9-12-8-13(16-10-15-12)14(19)17-11-6-4-3-5-7-11/h3-8,10H,9H2,1-2H3,(H,17,19). The summed E-state index contributed by atoms with van der Waals surface area (Å²) in [5.74, 6) is -0.228. The molecule has 1 N–H and O–H groups in total. The third-order valence-corrected chi connectivity index (χ3v) is 2.47. The first kappa shape index (κ1) is 13.2. The van der Waals surface area contributed by atoms with E-state index < -0.39 is 0 Å². The Morgan fingerprint density at radius 1 is 1.21 bits per heavy atom. The van der Waals surface area contributed by atoms with Crippen LogP contribution in [0.25, 0.3) is 0 Å². The normalized spacial score (nSPS) is 10.5. The topological polar surface area (TPSA) is 58.1 Å². The molecule has 0 aliphatic carbocycles. The van der Waals surface area contributed by atoms with Crippen molar-refractivity contribution >= 4 is 11.6 Å². The van der Waals surface area contributed by atoms with Gasteiger partial charge in [-0.3, -0.25) is 4.79 Å². The van der Waals surface area contributed by atoms with Gasteiger partial charge in [0.2, 0.25) is 0 Å². The molecule has 0 saturated carbocycles. The predicted molar refractivity (Wildman–Crippen MR) is 73.8 cm³/mol. The molecule has 2 aromatic rings. The van der Waals surface area contributed by atoms with Crippen LogP contribution in [0.2, 0.25) is 0 Å². The van der Waals surface area contributed by atoms with Crippen LogP contribution in [0, 0.1) is 0 Å². The number of aromatic nitrogens is 2. The van der Waals surface area contributed by atoms with Crippen molar-refractivity contribution in [3.63, 3.8) is 0 Å². The molecule has 1 aromatic carbocycles. The largest absolute Gasteiger partial charge is 0.321 e. The fraction of sp³-hybridized carbons (Fsp3) is 0.214. The molecule has 5 heteroatoms. The van der Waals surface area contributed by atoms with Crippen molar-refractivity contribution in [2.45, 2.75) is 6.54 Å². The highest BCUT2D eigenvalue weighted by Gasteiger charge is 2.09. The highest BCUT2D eigenvalue weighted by Crippen LogP contribution is 2.08. The highest BCUT2D eigenvalue weighted by atomic mass is 16.1. The number of nitrogens with one attached hydrogen (secondary N) is 1. The monoisotopic (exact) mass is 256 g/mol. The lowest BCUT2D eigenvalue weighted by Gasteiger charge is -2.09. The molecule has 19 heavy (non-hydrogen) atoms. The number of hydrogen-bond donors (Lipinski definition) is 1. The van der Waals surface area contributed by atoms with Crippen LogP contribution < -0.4 is 5.32 Å². The van der Waals surface area contributed by atoms with Crippen molar-refractivity contribution in [3.05, 3.63) is 54.1 Å². The van der Waals surface area contributed by atoms with Crippen LogP contribution in [0.4, 0.5) is 5.69 Å². The summed E-state index contributed by atoms with van der Waals surface area (Å²) in [6, 6.07) is 11.0. The molecule has 0 atom stereocenters. The predicted octanol–water partition coefficient (Wildman–Crippen LogP) is 1.79. The van der Waals surface area contributed by atoms with Crippen LogP contribution in [-0.4, -0.2) is 34.9 Å². The Morgan fingerprint density at radius 3 is 2.63 bits per heavy atom. The molecule has 2 rings (SSSR count). The van der Waals surface area contributed by atoms with E-state index in [-0.39, 0.29) is 5.91 Å². The molecule has 0 aliphatic rings. The molecule has 0 spiro atoms. The summed E-state index contributed by atoms with van der Waals surface area (Å²) in [6.45, 7) is 0.675. The van der Waals surface area contributed by atoms with Gasteiger partial charge in [-0.1, -0.05) is 18.2 Å². The number of benzene rings is 1. The number of hydrogen-bond acceptors (Lipinski definition) is 4. The summed E-state index contributed by atoms with van der Waals surface area (Å²) in [4.78, 5) is 22.2.